The van der Waals surface area contributed by atoms with Crippen LogP contribution in [0.25, 0.3) is 0 Å². The van der Waals surface area contributed by atoms with E-state index >= 15 is 0 Å². The number of hydrogen-bond acceptors (Lipinski definition) is 3. The Morgan fingerprint density at radius 2 is 2.29 bits per heavy atom. The van der Waals surface area contributed by atoms with Gasteiger partial charge < -0.3 is 0 Å². The molecule has 0 aromatic carbocycles. The number of nitroso groups, excluding NO2 is 1. The lowest BCUT2D eigenvalue weighted by Gasteiger charge is -1.93. The minimum atomic E-state index is 0.572. The molecule has 0 heterocycles. The molecule has 0 aromatic heterocycles. The molecule has 0 rings (SSSR count). The van der Waals surface area contributed by atoms with Crippen molar-refractivity contribution >= 4 is 11.9 Å². The van der Waals surface area contributed by atoms with Gasteiger partial charge in [-0.3, -0.25) is 0 Å². The highest BCUT2D eigenvalue weighted by Crippen LogP contribution is 2.06. The van der Waals surface area contributed by atoms with Crippen LogP contribution in [0.4, 0.5) is 0 Å². The first-order valence-corrected chi connectivity index (χ1v) is 3.16. The van der Waals surface area contributed by atoms with Crippen molar-refractivity contribution in [3.05, 3.63) is 4.91 Å². The molecule has 0 radical (unpaired) electrons. The lowest BCUT2D eigenvalue weighted by molar-refractivity contribution is 0.750. The molecule has 7 heavy (non-hydrogen) atoms. The highest BCUT2D eigenvalue weighted by Gasteiger charge is 1.90. The Labute approximate surface area is 47.8 Å². The average Bonchev–Trinajstić information content (AvgIpc) is 1.61. The second kappa shape index (κ2) is 4.12. The zero-order valence-electron chi connectivity index (χ0n) is 4.55. The second-order valence-electron chi connectivity index (χ2n) is 1.76. The number of hydrogen-bond donors (Lipinski definition) is 0. The van der Waals surface area contributed by atoms with Crippen molar-refractivity contribution in [2.75, 3.05) is 5.75 Å². The summed E-state index contributed by atoms with van der Waals surface area (Å²) in [6.45, 7) is 4.11. The molecule has 0 aromatic rings. The molecule has 42 valence electrons. The molecule has 0 aliphatic heterocycles. The molecule has 0 atom stereocenters. The third-order valence-corrected chi connectivity index (χ3v) is 1.38. The number of rotatable bonds is 3. The lowest BCUT2D eigenvalue weighted by atomic mass is 10.3. The Morgan fingerprint density at radius 1 is 1.71 bits per heavy atom. The van der Waals surface area contributed by atoms with Crippen LogP contribution in [0.1, 0.15) is 13.8 Å². The molecule has 0 aliphatic carbocycles. The molecule has 3 heteroatoms. The molecule has 0 aliphatic rings. The Hall–Kier alpha value is -0.0500. The van der Waals surface area contributed by atoms with E-state index in [9.17, 15) is 4.91 Å². The monoisotopic (exact) mass is 119 g/mol. The van der Waals surface area contributed by atoms with Gasteiger partial charge in [0.1, 0.15) is 0 Å². The Kier molecular flexibility index (Phi) is 4.09. The Morgan fingerprint density at radius 3 is 2.43 bits per heavy atom. The van der Waals surface area contributed by atoms with Crippen LogP contribution in [0.3, 0.4) is 0 Å². The van der Waals surface area contributed by atoms with Crippen LogP contribution < -0.4 is 0 Å². The molecule has 0 bridgehead atoms. The van der Waals surface area contributed by atoms with Gasteiger partial charge in [0.05, 0.1) is 0 Å². The first-order chi connectivity index (χ1) is 3.27. The SMILES string of the molecule is CC(C)CSN=O. The summed E-state index contributed by atoms with van der Waals surface area (Å²) in [6.07, 6.45) is 0. The number of nitrogens with zero attached hydrogens (tertiary/aromatic N) is 1. The molecule has 0 amide bonds. The van der Waals surface area contributed by atoms with Gasteiger partial charge in [-0.25, -0.2) is 0 Å². The zero-order chi connectivity index (χ0) is 5.70. The fraction of sp³-hybridized carbons (Fsp3) is 1.00. The molecule has 2 nitrogen and oxygen atoms in total. The molecular weight excluding hydrogens is 110 g/mol. The molecular formula is C4H9NOS. The van der Waals surface area contributed by atoms with Gasteiger partial charge >= 0.3 is 0 Å². The third kappa shape index (κ3) is 5.95. The summed E-state index contributed by atoms with van der Waals surface area (Å²) >= 11 is 1.09. The van der Waals surface area contributed by atoms with Gasteiger partial charge in [0, 0.05) is 22.3 Å². The van der Waals surface area contributed by atoms with Gasteiger partial charge in [0.2, 0.25) is 0 Å². The van der Waals surface area contributed by atoms with Crippen LogP contribution in [-0.2, 0) is 0 Å². The summed E-state index contributed by atoms with van der Waals surface area (Å²) in [5.74, 6) is 1.41. The first kappa shape index (κ1) is 6.95. The molecule has 0 N–H and O–H groups in total. The molecule has 0 saturated carbocycles. The van der Waals surface area contributed by atoms with E-state index < -0.39 is 0 Å². The topological polar surface area (TPSA) is 29.4 Å². The molecule has 0 unspecified atom stereocenters. The third-order valence-electron chi connectivity index (χ3n) is 0.461. The minimum absolute atomic E-state index is 0.572. The Bertz CT molecular complexity index is 55.7. The van der Waals surface area contributed by atoms with E-state index in [1.807, 2.05) is 0 Å². The smallest absolute Gasteiger partial charge is 0.0210 e. The van der Waals surface area contributed by atoms with Gasteiger partial charge in [-0.1, -0.05) is 13.8 Å². The van der Waals surface area contributed by atoms with Crippen molar-refractivity contribution in [3.63, 3.8) is 0 Å². The summed E-state index contributed by atoms with van der Waals surface area (Å²) in [4.78, 5) is 9.42. The van der Waals surface area contributed by atoms with Crippen LogP contribution >= 0.6 is 11.9 Å². The van der Waals surface area contributed by atoms with E-state index in [1.165, 1.54) is 0 Å². The van der Waals surface area contributed by atoms with Crippen LogP contribution in [0, 0.1) is 10.8 Å². The van der Waals surface area contributed by atoms with E-state index in [4.69, 9.17) is 0 Å². The van der Waals surface area contributed by atoms with E-state index in [0.717, 1.165) is 17.7 Å². The van der Waals surface area contributed by atoms with Gasteiger partial charge in [-0.15, -0.1) is 4.91 Å². The van der Waals surface area contributed by atoms with Crippen LogP contribution in [-0.4, -0.2) is 5.75 Å². The quantitative estimate of drug-likeness (QED) is 0.420. The van der Waals surface area contributed by atoms with Crippen molar-refractivity contribution in [3.8, 4) is 0 Å². The summed E-state index contributed by atoms with van der Waals surface area (Å²) in [5.41, 5.74) is 0. The fourth-order valence-corrected chi connectivity index (χ4v) is 0.539. The zero-order valence-corrected chi connectivity index (χ0v) is 5.36. The van der Waals surface area contributed by atoms with Gasteiger partial charge in [0.25, 0.3) is 0 Å². The van der Waals surface area contributed by atoms with Crippen molar-refractivity contribution in [2.24, 2.45) is 10.5 Å². The summed E-state index contributed by atoms with van der Waals surface area (Å²) in [7, 11) is 0. The average molecular weight is 119 g/mol. The van der Waals surface area contributed by atoms with Crippen molar-refractivity contribution in [1.29, 1.82) is 0 Å². The summed E-state index contributed by atoms with van der Waals surface area (Å²) < 4.78 is 2.64. The van der Waals surface area contributed by atoms with E-state index in [1.54, 1.807) is 0 Å². The van der Waals surface area contributed by atoms with Crippen molar-refractivity contribution in [2.45, 2.75) is 13.8 Å². The lowest BCUT2D eigenvalue weighted by Crippen LogP contribution is -1.86. The maximum absolute atomic E-state index is 9.42. The Balaban J connectivity index is 2.81. The molecule has 0 fully saturated rings. The summed E-state index contributed by atoms with van der Waals surface area (Å²) in [6, 6.07) is 0. The molecule has 0 saturated heterocycles. The van der Waals surface area contributed by atoms with Crippen molar-refractivity contribution < 1.29 is 0 Å². The van der Waals surface area contributed by atoms with E-state index in [2.05, 4.69) is 18.4 Å². The normalized spacial score (nSPS) is 9.57. The van der Waals surface area contributed by atoms with Gasteiger partial charge in [-0.05, 0) is 5.92 Å². The maximum Gasteiger partial charge on any atom is 0.0210 e. The van der Waals surface area contributed by atoms with Crippen molar-refractivity contribution in [1.82, 2.24) is 0 Å². The van der Waals surface area contributed by atoms with E-state index in [-0.39, 0.29) is 0 Å². The van der Waals surface area contributed by atoms with Gasteiger partial charge in [-0.2, -0.15) is 0 Å². The largest absolute Gasteiger partial charge is 0.137 e. The minimum Gasteiger partial charge on any atom is -0.137 e. The molecule has 0 spiro atoms. The summed E-state index contributed by atoms with van der Waals surface area (Å²) in [5, 5.41) is 0. The highest BCUT2D eigenvalue weighted by molar-refractivity contribution is 7.97. The predicted molar refractivity (Wildman–Crippen MR) is 33.1 cm³/mol. The second-order valence-corrected chi connectivity index (χ2v) is 2.50. The van der Waals surface area contributed by atoms with Crippen LogP contribution in [0.2, 0.25) is 0 Å². The first-order valence-electron chi connectivity index (χ1n) is 2.22. The van der Waals surface area contributed by atoms with E-state index in [0.29, 0.717) is 5.92 Å². The highest BCUT2D eigenvalue weighted by atomic mass is 32.2. The fourth-order valence-electron chi connectivity index (χ4n) is 0.180. The van der Waals surface area contributed by atoms with Gasteiger partial charge in [0.15, 0.2) is 0 Å². The van der Waals surface area contributed by atoms with Crippen LogP contribution in [0.5, 0.6) is 0 Å². The maximum atomic E-state index is 9.42. The van der Waals surface area contributed by atoms with Crippen LogP contribution in [0.15, 0.2) is 4.58 Å². The standard InChI is InChI=1S/C4H9NOS/c1-4(2)3-7-5-6/h4H,3H2,1-2H3. The predicted octanol–water partition coefficient (Wildman–Crippen LogP) is 2.06.